The van der Waals surface area contributed by atoms with Gasteiger partial charge in [0.05, 0.1) is 29.6 Å². The van der Waals surface area contributed by atoms with Gasteiger partial charge in [0.1, 0.15) is 0 Å². The van der Waals surface area contributed by atoms with Gasteiger partial charge in [-0.15, -0.1) is 0 Å². The van der Waals surface area contributed by atoms with Gasteiger partial charge in [-0.3, -0.25) is 9.59 Å². The molecule has 0 fully saturated rings. The highest BCUT2D eigenvalue weighted by Crippen LogP contribution is 2.20. The molecule has 0 saturated carbocycles. The van der Waals surface area contributed by atoms with Crippen molar-refractivity contribution in [1.29, 1.82) is 0 Å². The minimum atomic E-state index is -0.883. The van der Waals surface area contributed by atoms with E-state index >= 15 is 0 Å². The van der Waals surface area contributed by atoms with Crippen molar-refractivity contribution in [2.45, 2.75) is 45.6 Å². The summed E-state index contributed by atoms with van der Waals surface area (Å²) in [5, 5.41) is 19.1. The van der Waals surface area contributed by atoms with E-state index in [1.165, 1.54) is 0 Å². The number of rotatable bonds is 8. The molecule has 35 heavy (non-hydrogen) atoms. The number of imidazole rings is 2. The molecule has 0 saturated heterocycles. The lowest BCUT2D eigenvalue weighted by Gasteiger charge is -2.17. The predicted molar refractivity (Wildman–Crippen MR) is 134 cm³/mol. The molecular formula is C27H30N4O4. The second-order valence-corrected chi connectivity index (χ2v) is 8.88. The summed E-state index contributed by atoms with van der Waals surface area (Å²) in [4.78, 5) is 30.4. The first kappa shape index (κ1) is 25.7. The number of hydrogen-bond donors (Lipinski definition) is 2. The second kappa shape index (κ2) is 11.5. The van der Waals surface area contributed by atoms with Crippen LogP contribution in [0.3, 0.4) is 0 Å². The Labute approximate surface area is 204 Å². The number of nitrogens with zero attached hydrogens (tertiary/aromatic N) is 4. The van der Waals surface area contributed by atoms with Crippen LogP contribution in [0.1, 0.15) is 42.0 Å². The molecule has 2 N–H and O–H groups in total. The van der Waals surface area contributed by atoms with Gasteiger partial charge in [0.15, 0.2) is 24.2 Å². The summed E-state index contributed by atoms with van der Waals surface area (Å²) in [7, 11) is 0. The minimum Gasteiger partial charge on any atom is -0.392 e. The van der Waals surface area contributed by atoms with E-state index in [1.807, 2.05) is 60.7 Å². The van der Waals surface area contributed by atoms with Crippen LogP contribution in [-0.2, 0) is 13.1 Å². The normalized spacial score (nSPS) is 11.9. The van der Waals surface area contributed by atoms with Crippen LogP contribution in [0.15, 0.2) is 73.1 Å². The fourth-order valence-corrected chi connectivity index (χ4v) is 3.52. The molecule has 4 aromatic rings. The molecule has 2 aromatic heterocycles. The number of aldehydes is 2. The largest absolute Gasteiger partial charge is 0.392 e. The molecule has 182 valence electrons. The quantitative estimate of drug-likeness (QED) is 0.375. The van der Waals surface area contributed by atoms with E-state index in [2.05, 4.69) is 9.97 Å². The summed E-state index contributed by atoms with van der Waals surface area (Å²) in [6.07, 6.45) is 4.47. The molecule has 8 nitrogen and oxygen atoms in total. The van der Waals surface area contributed by atoms with Gasteiger partial charge in [0.2, 0.25) is 0 Å². The van der Waals surface area contributed by atoms with Crippen molar-refractivity contribution in [2.75, 3.05) is 0 Å². The average molecular weight is 475 g/mol. The first-order chi connectivity index (χ1) is 16.7. The summed E-state index contributed by atoms with van der Waals surface area (Å²) in [5.41, 5.74) is 2.51. The summed E-state index contributed by atoms with van der Waals surface area (Å²) in [6.45, 7) is 5.78. The van der Waals surface area contributed by atoms with Gasteiger partial charge in [-0.25, -0.2) is 9.97 Å². The average Bonchev–Trinajstić information content (AvgIpc) is 3.43. The van der Waals surface area contributed by atoms with Crippen LogP contribution in [-0.4, -0.2) is 53.6 Å². The van der Waals surface area contributed by atoms with Crippen molar-refractivity contribution in [3.05, 3.63) is 84.7 Å². The summed E-state index contributed by atoms with van der Waals surface area (Å²) in [5.74, 6) is 0.667. The van der Waals surface area contributed by atoms with Crippen molar-refractivity contribution in [3.63, 3.8) is 0 Å². The molecule has 0 aliphatic rings. The highest BCUT2D eigenvalue weighted by Gasteiger charge is 2.17. The lowest BCUT2D eigenvalue weighted by molar-refractivity contribution is 0.0607. The molecule has 0 aliphatic carbocycles. The Morgan fingerprint density at radius 3 is 1.66 bits per heavy atom. The Bertz CT molecular complexity index is 1240. The van der Waals surface area contributed by atoms with Crippen LogP contribution in [0.4, 0.5) is 0 Å². The molecule has 1 atom stereocenters. The zero-order valence-corrected chi connectivity index (χ0v) is 20.1. The van der Waals surface area contributed by atoms with Crippen LogP contribution in [0.25, 0.3) is 22.5 Å². The van der Waals surface area contributed by atoms with Crippen molar-refractivity contribution >= 4 is 12.6 Å². The molecule has 0 unspecified atom stereocenters. The van der Waals surface area contributed by atoms with Crippen molar-refractivity contribution in [3.8, 4) is 22.5 Å². The minimum absolute atomic E-state index is 0.330. The van der Waals surface area contributed by atoms with Crippen molar-refractivity contribution in [2.24, 2.45) is 0 Å². The maximum Gasteiger partial charge on any atom is 0.185 e. The van der Waals surface area contributed by atoms with Crippen LogP contribution >= 0.6 is 0 Å². The third-order valence-corrected chi connectivity index (χ3v) is 4.98. The lowest BCUT2D eigenvalue weighted by atomic mass is 10.1. The molecule has 4 rings (SSSR count). The smallest absolute Gasteiger partial charge is 0.185 e. The molecule has 0 radical (unpaired) electrons. The van der Waals surface area contributed by atoms with E-state index in [4.69, 9.17) is 0 Å². The summed E-state index contributed by atoms with van der Waals surface area (Å²) >= 11 is 0. The number of benzene rings is 2. The van der Waals surface area contributed by atoms with Gasteiger partial charge in [-0.05, 0) is 20.8 Å². The topological polar surface area (TPSA) is 110 Å². The second-order valence-electron chi connectivity index (χ2n) is 8.88. The Hall–Kier alpha value is -3.88. The molecular weight excluding hydrogens is 444 g/mol. The Morgan fingerprint density at radius 2 is 1.26 bits per heavy atom. The highest BCUT2D eigenvalue weighted by molar-refractivity contribution is 5.73. The first-order valence-corrected chi connectivity index (χ1v) is 11.3. The van der Waals surface area contributed by atoms with E-state index in [9.17, 15) is 19.8 Å². The Morgan fingerprint density at radius 1 is 0.829 bits per heavy atom. The van der Waals surface area contributed by atoms with Crippen LogP contribution in [0.2, 0.25) is 0 Å². The molecule has 0 amide bonds. The fraction of sp³-hybridized carbons (Fsp3) is 0.259. The monoisotopic (exact) mass is 474 g/mol. The highest BCUT2D eigenvalue weighted by atomic mass is 16.3. The van der Waals surface area contributed by atoms with Crippen LogP contribution in [0.5, 0.6) is 0 Å². The number of aliphatic hydroxyl groups excluding tert-OH is 1. The molecule has 0 aliphatic heterocycles. The molecule has 2 aromatic carbocycles. The van der Waals surface area contributed by atoms with Crippen LogP contribution in [0, 0.1) is 0 Å². The number of aliphatic hydroxyl groups is 2. The molecule has 8 heteroatoms. The van der Waals surface area contributed by atoms with E-state index in [-0.39, 0.29) is 0 Å². The van der Waals surface area contributed by atoms with Gasteiger partial charge in [-0.2, -0.15) is 0 Å². The maximum atomic E-state index is 11.0. The number of carbonyl (C=O) groups is 2. The predicted octanol–water partition coefficient (Wildman–Crippen LogP) is 3.88. The van der Waals surface area contributed by atoms with E-state index < -0.39 is 11.7 Å². The summed E-state index contributed by atoms with van der Waals surface area (Å²) in [6, 6.07) is 19.3. The molecule has 2 heterocycles. The zero-order valence-electron chi connectivity index (χ0n) is 20.1. The first-order valence-electron chi connectivity index (χ1n) is 11.3. The van der Waals surface area contributed by atoms with E-state index in [0.717, 1.165) is 22.5 Å². The van der Waals surface area contributed by atoms with Crippen LogP contribution < -0.4 is 0 Å². The van der Waals surface area contributed by atoms with Crippen molar-refractivity contribution in [1.82, 2.24) is 19.1 Å². The zero-order chi connectivity index (χ0) is 25.4. The van der Waals surface area contributed by atoms with Gasteiger partial charge >= 0.3 is 0 Å². The summed E-state index contributed by atoms with van der Waals surface area (Å²) < 4.78 is 3.34. The number of carbonyl (C=O) groups excluding carboxylic acids is 2. The third kappa shape index (κ3) is 7.30. The number of aromatic nitrogens is 4. The fourth-order valence-electron chi connectivity index (χ4n) is 3.52. The maximum absolute atomic E-state index is 11.0. The van der Waals surface area contributed by atoms with E-state index in [0.29, 0.717) is 37.3 Å². The lowest BCUT2D eigenvalue weighted by Crippen LogP contribution is -2.26. The molecule has 0 bridgehead atoms. The van der Waals surface area contributed by atoms with Crippen molar-refractivity contribution < 1.29 is 19.8 Å². The SMILES string of the molecule is CC(C)(O)Cn1cc(-c2ccccc2)nc1C=O.C[C@@H](O)Cn1cc(-c2ccccc2)nc1C=O. The molecule has 0 spiro atoms. The van der Waals surface area contributed by atoms with Gasteiger partial charge in [0, 0.05) is 30.1 Å². The van der Waals surface area contributed by atoms with Gasteiger partial charge in [-0.1, -0.05) is 60.7 Å². The Balaban J connectivity index is 0.000000196. The third-order valence-electron chi connectivity index (χ3n) is 4.98. The standard InChI is InChI=1S/C14H16N2O2.C13H14N2O2/c1-14(2,18)10-16-8-12(15-13(16)9-17)11-6-4-3-5-7-11;1-10(17)7-15-8-12(14-13(15)9-16)11-5-3-2-4-6-11/h3-9,18H,10H2,1-2H3;2-6,8-10,17H,7H2,1H3/t;10-/m.1/s1. The van der Waals surface area contributed by atoms with Gasteiger partial charge in [0.25, 0.3) is 0 Å². The Kier molecular flexibility index (Phi) is 8.46. The number of hydrogen-bond acceptors (Lipinski definition) is 6. The van der Waals surface area contributed by atoms with Gasteiger partial charge < -0.3 is 19.3 Å². The van der Waals surface area contributed by atoms with E-state index in [1.54, 1.807) is 42.3 Å².